The van der Waals surface area contributed by atoms with Gasteiger partial charge in [-0.05, 0) is 26.2 Å². The van der Waals surface area contributed by atoms with Crippen molar-refractivity contribution in [2.24, 2.45) is 0 Å². The number of aldehydes is 1. The van der Waals surface area contributed by atoms with Gasteiger partial charge in [0.25, 0.3) is 0 Å². The van der Waals surface area contributed by atoms with Crippen molar-refractivity contribution in [3.05, 3.63) is 12.2 Å². The summed E-state index contributed by atoms with van der Waals surface area (Å²) in [7, 11) is 0. The molecule has 0 aliphatic heterocycles. The minimum atomic E-state index is -0.749. The molecule has 0 radical (unpaired) electrons. The maximum atomic E-state index is 9.96. The summed E-state index contributed by atoms with van der Waals surface area (Å²) in [5.41, 5.74) is 0. The zero-order valence-electron chi connectivity index (χ0n) is 6.99. The van der Waals surface area contributed by atoms with Crippen LogP contribution in [0.25, 0.3) is 0 Å². The highest BCUT2D eigenvalue weighted by Crippen LogP contribution is 2.02. The molecule has 0 spiro atoms. The van der Waals surface area contributed by atoms with Gasteiger partial charge in [0, 0.05) is 0 Å². The van der Waals surface area contributed by atoms with Gasteiger partial charge >= 0.3 is 0 Å². The summed E-state index contributed by atoms with van der Waals surface area (Å²) in [6, 6.07) is 0. The minimum Gasteiger partial charge on any atom is -0.386 e. The highest BCUT2D eigenvalue weighted by molar-refractivity contribution is 5.55. The third-order valence-electron chi connectivity index (χ3n) is 1.51. The van der Waals surface area contributed by atoms with Crippen molar-refractivity contribution in [3.8, 4) is 0 Å². The van der Waals surface area contributed by atoms with E-state index in [1.807, 2.05) is 13.0 Å². The number of rotatable bonds is 6. The van der Waals surface area contributed by atoms with Gasteiger partial charge in [-0.2, -0.15) is 0 Å². The Labute approximate surface area is 67.9 Å². The molecule has 0 aliphatic rings. The molecule has 1 N–H and O–H groups in total. The van der Waals surface area contributed by atoms with E-state index in [1.54, 1.807) is 0 Å². The lowest BCUT2D eigenvalue weighted by Gasteiger charge is -1.99. The maximum Gasteiger partial charge on any atom is 0.148 e. The summed E-state index contributed by atoms with van der Waals surface area (Å²) in [6.45, 7) is 1.99. The molecule has 64 valence electrons. The van der Waals surface area contributed by atoms with E-state index in [1.165, 1.54) is 0 Å². The van der Waals surface area contributed by atoms with E-state index in [9.17, 15) is 4.79 Å². The van der Waals surface area contributed by atoms with Crippen molar-refractivity contribution in [2.75, 3.05) is 0 Å². The van der Waals surface area contributed by atoms with E-state index in [0.717, 1.165) is 19.3 Å². The lowest BCUT2D eigenvalue weighted by atomic mass is 10.1. The molecular formula is C9H16O2. The molecule has 0 bridgehead atoms. The van der Waals surface area contributed by atoms with Gasteiger partial charge in [-0.15, -0.1) is 0 Å². The maximum absolute atomic E-state index is 9.96. The Hall–Kier alpha value is -0.630. The summed E-state index contributed by atoms with van der Waals surface area (Å²) in [5.74, 6) is 0. The van der Waals surface area contributed by atoms with Crippen molar-refractivity contribution in [1.29, 1.82) is 0 Å². The predicted octanol–water partition coefficient (Wildman–Crippen LogP) is 1.68. The molecule has 0 rings (SSSR count). The van der Waals surface area contributed by atoms with Crippen molar-refractivity contribution < 1.29 is 9.90 Å². The summed E-state index contributed by atoms with van der Waals surface area (Å²) in [4.78, 5) is 9.96. The van der Waals surface area contributed by atoms with Gasteiger partial charge < -0.3 is 9.90 Å². The number of allylic oxidation sites excluding steroid dienone is 2. The SMILES string of the molecule is CC=CCCCCC(O)C=O. The zero-order chi connectivity index (χ0) is 8.53. The molecule has 0 aliphatic carbocycles. The highest BCUT2D eigenvalue weighted by Gasteiger charge is 1.98. The number of unbranched alkanes of at least 4 members (excludes halogenated alkanes) is 2. The topological polar surface area (TPSA) is 37.3 Å². The van der Waals surface area contributed by atoms with Gasteiger partial charge in [0.1, 0.15) is 12.4 Å². The Morgan fingerprint density at radius 2 is 2.18 bits per heavy atom. The van der Waals surface area contributed by atoms with Crippen LogP contribution in [0.3, 0.4) is 0 Å². The Kier molecular flexibility index (Phi) is 7.05. The van der Waals surface area contributed by atoms with Crippen LogP contribution >= 0.6 is 0 Å². The first-order valence-electron chi connectivity index (χ1n) is 4.05. The van der Waals surface area contributed by atoms with E-state index in [0.29, 0.717) is 12.7 Å². The average molecular weight is 156 g/mol. The first-order valence-corrected chi connectivity index (χ1v) is 4.05. The van der Waals surface area contributed by atoms with Crippen LogP contribution in [0.2, 0.25) is 0 Å². The quantitative estimate of drug-likeness (QED) is 0.361. The Morgan fingerprint density at radius 3 is 2.73 bits per heavy atom. The van der Waals surface area contributed by atoms with E-state index < -0.39 is 6.10 Å². The van der Waals surface area contributed by atoms with E-state index >= 15 is 0 Å². The van der Waals surface area contributed by atoms with Gasteiger partial charge in [0.2, 0.25) is 0 Å². The van der Waals surface area contributed by atoms with Crippen LogP contribution in [0.4, 0.5) is 0 Å². The molecule has 0 heterocycles. The number of aliphatic hydroxyl groups excluding tert-OH is 1. The van der Waals surface area contributed by atoms with Crippen LogP contribution in [-0.4, -0.2) is 17.5 Å². The fourth-order valence-corrected chi connectivity index (χ4v) is 0.850. The monoisotopic (exact) mass is 156 g/mol. The zero-order valence-corrected chi connectivity index (χ0v) is 6.99. The van der Waals surface area contributed by atoms with Gasteiger partial charge in [0.05, 0.1) is 0 Å². The largest absolute Gasteiger partial charge is 0.386 e. The Morgan fingerprint density at radius 1 is 1.45 bits per heavy atom. The van der Waals surface area contributed by atoms with Crippen LogP contribution in [0, 0.1) is 0 Å². The second kappa shape index (κ2) is 7.48. The lowest BCUT2D eigenvalue weighted by molar-refractivity contribution is -0.115. The van der Waals surface area contributed by atoms with E-state index in [-0.39, 0.29) is 0 Å². The molecule has 11 heavy (non-hydrogen) atoms. The molecule has 1 atom stereocenters. The van der Waals surface area contributed by atoms with Crippen LogP contribution in [0.1, 0.15) is 32.6 Å². The van der Waals surface area contributed by atoms with Crippen LogP contribution in [0.5, 0.6) is 0 Å². The second-order valence-electron chi connectivity index (χ2n) is 2.56. The molecular weight excluding hydrogens is 140 g/mol. The molecule has 2 nitrogen and oxygen atoms in total. The smallest absolute Gasteiger partial charge is 0.148 e. The standard InChI is InChI=1S/C9H16O2/c1-2-3-4-5-6-7-9(11)8-10/h2-3,8-9,11H,4-7H2,1H3. The molecule has 2 heteroatoms. The Bertz CT molecular complexity index is 119. The predicted molar refractivity (Wildman–Crippen MR) is 45.4 cm³/mol. The lowest BCUT2D eigenvalue weighted by Crippen LogP contribution is -2.06. The normalized spacial score (nSPS) is 13.6. The first-order chi connectivity index (χ1) is 5.31. The molecule has 0 fully saturated rings. The van der Waals surface area contributed by atoms with E-state index in [4.69, 9.17) is 5.11 Å². The van der Waals surface area contributed by atoms with Gasteiger partial charge in [0.15, 0.2) is 0 Å². The molecule has 0 aromatic rings. The fourth-order valence-electron chi connectivity index (χ4n) is 0.850. The third kappa shape index (κ3) is 7.26. The van der Waals surface area contributed by atoms with Crippen LogP contribution in [0.15, 0.2) is 12.2 Å². The summed E-state index contributed by atoms with van der Waals surface area (Å²) in [5, 5.41) is 8.83. The van der Waals surface area contributed by atoms with Gasteiger partial charge in [-0.25, -0.2) is 0 Å². The molecule has 1 unspecified atom stereocenters. The van der Waals surface area contributed by atoms with Crippen LogP contribution < -0.4 is 0 Å². The Balaban J connectivity index is 3.07. The molecule has 0 saturated carbocycles. The summed E-state index contributed by atoms with van der Waals surface area (Å²) < 4.78 is 0. The first kappa shape index (κ1) is 10.4. The number of hydrogen-bond acceptors (Lipinski definition) is 2. The van der Waals surface area contributed by atoms with Crippen molar-refractivity contribution in [1.82, 2.24) is 0 Å². The average Bonchev–Trinajstić information content (AvgIpc) is 2.04. The minimum absolute atomic E-state index is 0.593. The van der Waals surface area contributed by atoms with Gasteiger partial charge in [-0.3, -0.25) is 0 Å². The molecule has 0 amide bonds. The highest BCUT2D eigenvalue weighted by atomic mass is 16.3. The van der Waals surface area contributed by atoms with Crippen molar-refractivity contribution in [3.63, 3.8) is 0 Å². The second-order valence-corrected chi connectivity index (χ2v) is 2.56. The molecule has 0 aromatic heterocycles. The summed E-state index contributed by atoms with van der Waals surface area (Å²) in [6.07, 6.45) is 7.56. The van der Waals surface area contributed by atoms with Gasteiger partial charge in [-0.1, -0.05) is 18.6 Å². The number of aliphatic hydroxyl groups is 1. The van der Waals surface area contributed by atoms with Crippen molar-refractivity contribution >= 4 is 6.29 Å². The number of carbonyl (C=O) groups is 1. The van der Waals surface area contributed by atoms with Crippen molar-refractivity contribution in [2.45, 2.75) is 38.7 Å². The molecule has 0 aromatic carbocycles. The number of carbonyl (C=O) groups excluding carboxylic acids is 1. The molecule has 0 saturated heterocycles. The summed E-state index contributed by atoms with van der Waals surface area (Å²) >= 11 is 0. The number of hydrogen-bond donors (Lipinski definition) is 1. The fraction of sp³-hybridized carbons (Fsp3) is 0.667. The van der Waals surface area contributed by atoms with Crippen LogP contribution in [-0.2, 0) is 4.79 Å². The van der Waals surface area contributed by atoms with E-state index in [2.05, 4.69) is 6.08 Å². The third-order valence-corrected chi connectivity index (χ3v) is 1.51.